The number of likely N-dealkylation sites (N-methyl/N-ethyl adjacent to an activating group) is 2. The first-order valence-corrected chi connectivity index (χ1v) is 12.1. The van der Waals surface area contributed by atoms with Crippen molar-refractivity contribution in [2.24, 2.45) is 17.8 Å². The van der Waals surface area contributed by atoms with Crippen molar-refractivity contribution in [3.05, 3.63) is 0 Å². The van der Waals surface area contributed by atoms with E-state index in [4.69, 9.17) is 9.47 Å². The highest BCUT2D eigenvalue weighted by Crippen LogP contribution is 2.24. The van der Waals surface area contributed by atoms with Crippen LogP contribution in [0.25, 0.3) is 0 Å². The van der Waals surface area contributed by atoms with Gasteiger partial charge in [-0.05, 0) is 45.6 Å². The fourth-order valence-electron chi connectivity index (χ4n) is 4.02. The van der Waals surface area contributed by atoms with E-state index in [1.54, 1.807) is 26.1 Å². The predicted octanol–water partition coefficient (Wildman–Crippen LogP) is 2.99. The third-order valence-corrected chi connectivity index (χ3v) is 5.98. The minimum Gasteiger partial charge on any atom is -0.460 e. The molecule has 33 heavy (non-hydrogen) atoms. The Morgan fingerprint density at radius 1 is 0.970 bits per heavy atom. The van der Waals surface area contributed by atoms with E-state index in [0.29, 0.717) is 0 Å². The lowest BCUT2D eigenvalue weighted by atomic mass is 9.90. The number of methoxy groups -OCH3 is 1. The molecule has 8 heteroatoms. The normalized spacial score (nSPS) is 16.7. The average molecular weight is 472 g/mol. The second-order valence-corrected chi connectivity index (χ2v) is 10.6. The first kappa shape index (κ1) is 31.3. The Bertz CT molecular complexity index is 630. The van der Waals surface area contributed by atoms with Crippen LogP contribution >= 0.6 is 0 Å². The number of esters is 1. The molecule has 0 heterocycles. The molecule has 2 amide bonds. The Kier molecular flexibility index (Phi) is 13.2. The van der Waals surface area contributed by atoms with Crippen molar-refractivity contribution in [1.29, 1.82) is 0 Å². The summed E-state index contributed by atoms with van der Waals surface area (Å²) >= 11 is 0. The topological polar surface area (TPSA) is 97.0 Å². The van der Waals surface area contributed by atoms with Crippen LogP contribution < -0.4 is 10.6 Å². The Balaban J connectivity index is 5.83. The maximum atomic E-state index is 13.6. The lowest BCUT2D eigenvalue weighted by molar-refractivity contribution is -0.161. The minimum atomic E-state index is -0.692. The first-order valence-electron chi connectivity index (χ1n) is 12.1. The van der Waals surface area contributed by atoms with Crippen molar-refractivity contribution >= 4 is 17.8 Å². The summed E-state index contributed by atoms with van der Waals surface area (Å²) in [5, 5.41) is 5.97. The van der Waals surface area contributed by atoms with Gasteiger partial charge in [-0.1, -0.05) is 48.0 Å². The number of carbonyl (C=O) groups excluding carboxylic acids is 3. The van der Waals surface area contributed by atoms with Crippen molar-refractivity contribution in [2.75, 3.05) is 21.2 Å². The number of nitrogens with zero attached hydrogens (tertiary/aromatic N) is 1. The maximum absolute atomic E-state index is 13.6. The zero-order valence-electron chi connectivity index (χ0n) is 22.9. The number of carbonyl (C=O) groups is 3. The van der Waals surface area contributed by atoms with E-state index in [0.717, 1.165) is 6.42 Å². The van der Waals surface area contributed by atoms with Gasteiger partial charge in [0.05, 0.1) is 24.6 Å². The maximum Gasteiger partial charge on any atom is 0.309 e. The Morgan fingerprint density at radius 2 is 1.48 bits per heavy atom. The van der Waals surface area contributed by atoms with Gasteiger partial charge in [-0.25, -0.2) is 0 Å². The van der Waals surface area contributed by atoms with Crippen molar-refractivity contribution in [2.45, 2.75) is 105 Å². The van der Waals surface area contributed by atoms with Gasteiger partial charge in [0.25, 0.3) is 0 Å². The van der Waals surface area contributed by atoms with Crippen LogP contribution in [0.5, 0.6) is 0 Å². The summed E-state index contributed by atoms with van der Waals surface area (Å²) in [4.78, 5) is 40.6. The minimum absolute atomic E-state index is 0.0360. The number of ether oxygens (including phenoxy) is 2. The molecule has 0 aliphatic carbocycles. The third kappa shape index (κ3) is 10.0. The van der Waals surface area contributed by atoms with E-state index in [1.807, 2.05) is 62.3 Å². The standard InChI is InChI=1S/C25H49N3O5/c1-13-17(6)22(18(32-12)14-19(29)33-25(7,8)9)28(11)24(31)21(16(4)5)27-23(30)20(26-10)15(2)3/h15-18,20-22,26H,13-14H2,1-12H3,(H,27,30)/t17-,18+,20?,21-,22?/m0/s1. The number of amides is 2. The molecule has 0 aromatic heterocycles. The highest BCUT2D eigenvalue weighted by atomic mass is 16.6. The molecule has 0 aromatic rings. The van der Waals surface area contributed by atoms with Gasteiger partial charge in [-0.15, -0.1) is 0 Å². The molecular weight excluding hydrogens is 422 g/mol. The summed E-state index contributed by atoms with van der Waals surface area (Å²) in [5.74, 6) is -0.742. The van der Waals surface area contributed by atoms with Gasteiger partial charge in [0.2, 0.25) is 11.8 Å². The van der Waals surface area contributed by atoms with Gasteiger partial charge in [0.15, 0.2) is 0 Å². The van der Waals surface area contributed by atoms with Crippen LogP contribution in [0.1, 0.15) is 75.2 Å². The highest BCUT2D eigenvalue weighted by Gasteiger charge is 2.38. The van der Waals surface area contributed by atoms with Crippen molar-refractivity contribution in [3.63, 3.8) is 0 Å². The second-order valence-electron chi connectivity index (χ2n) is 10.6. The molecule has 0 saturated heterocycles. The number of nitrogens with one attached hydrogen (secondary N) is 2. The molecule has 8 nitrogen and oxygen atoms in total. The van der Waals surface area contributed by atoms with Crippen LogP contribution in [-0.2, 0) is 23.9 Å². The lowest BCUT2D eigenvalue weighted by Crippen LogP contribution is -2.59. The van der Waals surface area contributed by atoms with Gasteiger partial charge in [-0.2, -0.15) is 0 Å². The molecule has 5 atom stereocenters. The number of hydrogen-bond acceptors (Lipinski definition) is 6. The molecule has 194 valence electrons. The third-order valence-electron chi connectivity index (χ3n) is 5.98. The fourth-order valence-corrected chi connectivity index (χ4v) is 4.02. The zero-order chi connectivity index (χ0) is 26.1. The summed E-state index contributed by atoms with van der Waals surface area (Å²) in [6.07, 6.45) is 0.298. The smallest absolute Gasteiger partial charge is 0.309 e. The van der Waals surface area contributed by atoms with Crippen LogP contribution in [0.3, 0.4) is 0 Å². The van der Waals surface area contributed by atoms with E-state index >= 15 is 0 Å². The second kappa shape index (κ2) is 13.9. The van der Waals surface area contributed by atoms with Crippen LogP contribution in [0, 0.1) is 17.8 Å². The molecule has 0 rings (SSSR count). The summed E-state index contributed by atoms with van der Waals surface area (Å²) < 4.78 is 11.2. The molecule has 0 fully saturated rings. The van der Waals surface area contributed by atoms with Crippen LogP contribution in [0.4, 0.5) is 0 Å². The molecule has 0 saturated carbocycles. The Hall–Kier alpha value is -1.67. The number of rotatable bonds is 13. The van der Waals surface area contributed by atoms with Crippen molar-refractivity contribution in [1.82, 2.24) is 15.5 Å². The monoisotopic (exact) mass is 471 g/mol. The van der Waals surface area contributed by atoms with Crippen LogP contribution in [-0.4, -0.2) is 73.7 Å². The molecule has 0 aliphatic rings. The molecule has 0 spiro atoms. The highest BCUT2D eigenvalue weighted by molar-refractivity contribution is 5.90. The lowest BCUT2D eigenvalue weighted by Gasteiger charge is -2.40. The van der Waals surface area contributed by atoms with E-state index in [-0.39, 0.29) is 48.0 Å². The van der Waals surface area contributed by atoms with Crippen molar-refractivity contribution < 1.29 is 23.9 Å². The molecule has 0 bridgehead atoms. The van der Waals surface area contributed by atoms with E-state index in [9.17, 15) is 14.4 Å². The summed E-state index contributed by atoms with van der Waals surface area (Å²) in [6.45, 7) is 17.3. The molecule has 0 radical (unpaired) electrons. The van der Waals surface area contributed by atoms with E-state index in [2.05, 4.69) is 10.6 Å². The molecule has 2 N–H and O–H groups in total. The molecular formula is C25H49N3O5. The van der Waals surface area contributed by atoms with Crippen LogP contribution in [0.2, 0.25) is 0 Å². The largest absolute Gasteiger partial charge is 0.460 e. The van der Waals surface area contributed by atoms with Crippen molar-refractivity contribution in [3.8, 4) is 0 Å². The molecule has 2 unspecified atom stereocenters. The quantitative estimate of drug-likeness (QED) is 0.401. The van der Waals surface area contributed by atoms with Crippen LogP contribution in [0.15, 0.2) is 0 Å². The first-order chi connectivity index (χ1) is 15.1. The van der Waals surface area contributed by atoms with E-state index in [1.165, 1.54) is 0 Å². The van der Waals surface area contributed by atoms with Gasteiger partial charge in [0.1, 0.15) is 11.6 Å². The Morgan fingerprint density at radius 3 is 1.85 bits per heavy atom. The molecule has 0 aromatic carbocycles. The summed E-state index contributed by atoms with van der Waals surface area (Å²) in [7, 11) is 5.01. The zero-order valence-corrected chi connectivity index (χ0v) is 22.9. The average Bonchev–Trinajstić information content (AvgIpc) is 2.68. The molecule has 0 aliphatic heterocycles. The predicted molar refractivity (Wildman–Crippen MR) is 132 cm³/mol. The Labute approximate surface area is 201 Å². The number of hydrogen-bond donors (Lipinski definition) is 2. The summed E-state index contributed by atoms with van der Waals surface area (Å²) in [5.41, 5.74) is -0.601. The summed E-state index contributed by atoms with van der Waals surface area (Å²) in [6, 6.07) is -1.44. The van der Waals surface area contributed by atoms with Gasteiger partial charge < -0.3 is 25.0 Å². The SMILES string of the molecule is CC[C@H](C)C([C@@H](CC(=O)OC(C)(C)C)OC)N(C)C(=O)[C@@H](NC(=O)C(NC)C(C)C)C(C)C. The van der Waals surface area contributed by atoms with Gasteiger partial charge in [0, 0.05) is 14.2 Å². The van der Waals surface area contributed by atoms with E-state index < -0.39 is 23.8 Å². The van der Waals surface area contributed by atoms with Gasteiger partial charge in [-0.3, -0.25) is 14.4 Å². The van der Waals surface area contributed by atoms with Gasteiger partial charge >= 0.3 is 5.97 Å². The fraction of sp³-hybridized carbons (Fsp3) is 0.880.